The zero-order valence-corrected chi connectivity index (χ0v) is 13.5. The summed E-state index contributed by atoms with van der Waals surface area (Å²) >= 11 is 0. The van der Waals surface area contributed by atoms with Gasteiger partial charge in [0.2, 0.25) is 15.9 Å². The molecule has 0 saturated heterocycles. The number of carbonyl (C=O) groups is 1. The molecule has 8 nitrogen and oxygen atoms in total. The first-order valence-corrected chi connectivity index (χ1v) is 7.89. The summed E-state index contributed by atoms with van der Waals surface area (Å²) in [6.07, 6.45) is 0.669. The summed E-state index contributed by atoms with van der Waals surface area (Å²) in [5.41, 5.74) is 0.278. The first-order valence-electron chi connectivity index (χ1n) is 6.45. The molecule has 0 aliphatic carbocycles. The van der Waals surface area contributed by atoms with Crippen LogP contribution in [0.3, 0.4) is 0 Å². The topological polar surface area (TPSA) is 102 Å². The largest absolute Gasteiger partial charge is 0.385 e. The van der Waals surface area contributed by atoms with Crippen LogP contribution in [0.4, 0.5) is 0 Å². The van der Waals surface area contributed by atoms with Crippen molar-refractivity contribution in [2.24, 2.45) is 0 Å². The Balaban J connectivity index is 2.66. The van der Waals surface area contributed by atoms with Gasteiger partial charge in [-0.1, -0.05) is 5.16 Å². The van der Waals surface area contributed by atoms with Crippen LogP contribution in [0.1, 0.15) is 17.9 Å². The number of hydrogen-bond donors (Lipinski definition) is 1. The van der Waals surface area contributed by atoms with Gasteiger partial charge in [0.05, 0.1) is 6.54 Å². The molecule has 1 amide bonds. The Kier molecular flexibility index (Phi) is 6.31. The van der Waals surface area contributed by atoms with E-state index in [4.69, 9.17) is 9.26 Å². The lowest BCUT2D eigenvalue weighted by Crippen LogP contribution is -2.39. The monoisotopic (exact) mass is 319 g/mol. The summed E-state index contributed by atoms with van der Waals surface area (Å²) in [7, 11) is -0.877. The highest BCUT2D eigenvalue weighted by Gasteiger charge is 2.29. The molecule has 9 heteroatoms. The third kappa shape index (κ3) is 4.51. The lowest BCUT2D eigenvalue weighted by atomic mass is 10.4. The van der Waals surface area contributed by atoms with E-state index in [1.165, 1.54) is 14.0 Å². The second-order valence-electron chi connectivity index (χ2n) is 4.61. The van der Waals surface area contributed by atoms with Crippen molar-refractivity contribution < 1.29 is 22.5 Å². The van der Waals surface area contributed by atoms with Crippen molar-refractivity contribution in [2.45, 2.75) is 25.2 Å². The van der Waals surface area contributed by atoms with E-state index >= 15 is 0 Å². The third-order valence-electron chi connectivity index (χ3n) is 2.85. The Labute approximate surface area is 124 Å². The fourth-order valence-electron chi connectivity index (χ4n) is 1.79. The smallest absolute Gasteiger partial charge is 0.248 e. The number of rotatable bonds is 8. The molecule has 0 aliphatic rings. The van der Waals surface area contributed by atoms with Crippen molar-refractivity contribution in [1.29, 1.82) is 0 Å². The summed E-state index contributed by atoms with van der Waals surface area (Å²) in [4.78, 5) is 11.7. The molecule has 1 aromatic heterocycles. The number of likely N-dealkylation sites (N-methyl/N-ethyl adjacent to an activating group) is 1. The van der Waals surface area contributed by atoms with Crippen LogP contribution in [0.5, 0.6) is 0 Å². The minimum absolute atomic E-state index is 0.0113. The van der Waals surface area contributed by atoms with Crippen LogP contribution in [-0.4, -0.2) is 57.6 Å². The van der Waals surface area contributed by atoms with Crippen LogP contribution in [-0.2, 0) is 19.6 Å². The van der Waals surface area contributed by atoms with Gasteiger partial charge in [-0.25, -0.2) is 8.42 Å². The van der Waals surface area contributed by atoms with Crippen LogP contribution >= 0.6 is 0 Å². The molecule has 1 N–H and O–H groups in total. The minimum atomic E-state index is -3.80. The maximum absolute atomic E-state index is 12.4. The van der Waals surface area contributed by atoms with Gasteiger partial charge in [-0.15, -0.1) is 0 Å². The lowest BCUT2D eigenvalue weighted by Gasteiger charge is -2.16. The van der Waals surface area contributed by atoms with Gasteiger partial charge in [-0.05, 0) is 20.3 Å². The highest BCUT2D eigenvalue weighted by molar-refractivity contribution is 7.89. The third-order valence-corrected chi connectivity index (χ3v) is 4.90. The van der Waals surface area contributed by atoms with E-state index in [9.17, 15) is 13.2 Å². The van der Waals surface area contributed by atoms with Gasteiger partial charge in [-0.2, -0.15) is 4.31 Å². The summed E-state index contributed by atoms with van der Waals surface area (Å²) in [5.74, 6) is -0.163. The SMILES string of the molecule is COCCCNC(=O)CN(C)S(=O)(=O)c1c(C)noc1C. The van der Waals surface area contributed by atoms with Crippen LogP contribution in [0.15, 0.2) is 9.42 Å². The number of nitrogens with one attached hydrogen (secondary N) is 1. The van der Waals surface area contributed by atoms with Crippen LogP contribution in [0, 0.1) is 13.8 Å². The number of carbonyl (C=O) groups excluding carboxylic acids is 1. The van der Waals surface area contributed by atoms with Crippen molar-refractivity contribution in [2.75, 3.05) is 33.9 Å². The summed E-state index contributed by atoms with van der Waals surface area (Å²) < 4.78 is 35.4. The number of amides is 1. The molecule has 120 valence electrons. The van der Waals surface area contributed by atoms with Crippen molar-refractivity contribution in [1.82, 2.24) is 14.8 Å². The van der Waals surface area contributed by atoms with Gasteiger partial charge in [-0.3, -0.25) is 4.79 Å². The molecule has 0 aromatic carbocycles. The molecule has 0 aliphatic heterocycles. The van der Waals surface area contributed by atoms with Gasteiger partial charge < -0.3 is 14.6 Å². The zero-order valence-electron chi connectivity index (χ0n) is 12.7. The molecule has 1 aromatic rings. The number of nitrogens with zero attached hydrogens (tertiary/aromatic N) is 2. The summed E-state index contributed by atoms with van der Waals surface area (Å²) in [5, 5.41) is 6.25. The maximum atomic E-state index is 12.4. The van der Waals surface area contributed by atoms with E-state index in [0.29, 0.717) is 19.6 Å². The van der Waals surface area contributed by atoms with Crippen molar-refractivity contribution in [3.8, 4) is 0 Å². The number of sulfonamides is 1. The van der Waals surface area contributed by atoms with Crippen molar-refractivity contribution in [3.63, 3.8) is 0 Å². The Hall–Kier alpha value is -1.45. The Bertz CT molecular complexity index is 562. The zero-order chi connectivity index (χ0) is 16.0. The van der Waals surface area contributed by atoms with Gasteiger partial charge in [0.25, 0.3) is 0 Å². The van der Waals surface area contributed by atoms with Crippen LogP contribution in [0.25, 0.3) is 0 Å². The lowest BCUT2D eigenvalue weighted by molar-refractivity contribution is -0.121. The first-order chi connectivity index (χ1) is 9.80. The van der Waals surface area contributed by atoms with E-state index in [1.54, 1.807) is 14.0 Å². The second-order valence-corrected chi connectivity index (χ2v) is 6.59. The molecule has 1 heterocycles. The summed E-state index contributed by atoms with van der Waals surface area (Å²) in [6, 6.07) is 0. The standard InChI is InChI=1S/C12H21N3O5S/c1-9-12(10(2)20-14-9)21(17,18)15(3)8-11(16)13-6-5-7-19-4/h5-8H2,1-4H3,(H,13,16). The van der Waals surface area contributed by atoms with E-state index in [-0.39, 0.29) is 28.8 Å². The predicted octanol–water partition coefficient (Wildman–Crippen LogP) is 0.0646. The second kappa shape index (κ2) is 7.53. The van der Waals surface area contributed by atoms with E-state index in [2.05, 4.69) is 10.5 Å². The number of aryl methyl sites for hydroxylation is 2. The molecule has 1 rings (SSSR count). The molecule has 0 spiro atoms. The molecule has 0 saturated carbocycles. The number of ether oxygens (including phenoxy) is 1. The Morgan fingerprint density at radius 2 is 2.10 bits per heavy atom. The average Bonchev–Trinajstić information content (AvgIpc) is 2.74. The number of methoxy groups -OCH3 is 1. The highest BCUT2D eigenvalue weighted by atomic mass is 32.2. The minimum Gasteiger partial charge on any atom is -0.385 e. The Morgan fingerprint density at radius 1 is 1.43 bits per heavy atom. The number of hydrogen-bond acceptors (Lipinski definition) is 6. The van der Waals surface area contributed by atoms with E-state index in [1.807, 2.05) is 0 Å². The molecule has 0 fully saturated rings. The molecule has 0 bridgehead atoms. The fraction of sp³-hybridized carbons (Fsp3) is 0.667. The molecule has 0 unspecified atom stereocenters. The van der Waals surface area contributed by atoms with Crippen molar-refractivity contribution >= 4 is 15.9 Å². The van der Waals surface area contributed by atoms with E-state index < -0.39 is 10.0 Å². The summed E-state index contributed by atoms with van der Waals surface area (Å²) in [6.45, 7) is 3.77. The number of aromatic nitrogens is 1. The van der Waals surface area contributed by atoms with E-state index in [0.717, 1.165) is 4.31 Å². The molecular formula is C12H21N3O5S. The first kappa shape index (κ1) is 17.6. The van der Waals surface area contributed by atoms with Gasteiger partial charge in [0.1, 0.15) is 10.6 Å². The average molecular weight is 319 g/mol. The molecule has 0 atom stereocenters. The normalized spacial score (nSPS) is 11.9. The van der Waals surface area contributed by atoms with Gasteiger partial charge >= 0.3 is 0 Å². The quantitative estimate of drug-likeness (QED) is 0.680. The highest BCUT2D eigenvalue weighted by Crippen LogP contribution is 2.21. The molecule has 21 heavy (non-hydrogen) atoms. The predicted molar refractivity (Wildman–Crippen MR) is 75.3 cm³/mol. The van der Waals surface area contributed by atoms with Crippen molar-refractivity contribution in [3.05, 3.63) is 11.5 Å². The Morgan fingerprint density at radius 3 is 2.62 bits per heavy atom. The van der Waals surface area contributed by atoms with Crippen LogP contribution in [0.2, 0.25) is 0 Å². The van der Waals surface area contributed by atoms with Gasteiger partial charge in [0.15, 0.2) is 5.76 Å². The fourth-order valence-corrected chi connectivity index (χ4v) is 3.20. The molecule has 0 radical (unpaired) electrons. The van der Waals surface area contributed by atoms with Crippen LogP contribution < -0.4 is 5.32 Å². The molecular weight excluding hydrogens is 298 g/mol. The van der Waals surface area contributed by atoms with Gasteiger partial charge in [0, 0.05) is 27.3 Å². The maximum Gasteiger partial charge on any atom is 0.248 e.